The Hall–Kier alpha value is -1.11. The highest BCUT2D eigenvalue weighted by Crippen LogP contribution is 2.19. The Bertz CT molecular complexity index is 493. The molecule has 0 aromatic heterocycles. The van der Waals surface area contributed by atoms with Crippen LogP contribution in [0.1, 0.15) is 5.56 Å². The fourth-order valence-electron chi connectivity index (χ4n) is 1.94. The third-order valence-corrected chi connectivity index (χ3v) is 5.07. The van der Waals surface area contributed by atoms with Gasteiger partial charge in [-0.15, -0.1) is 0 Å². The van der Waals surface area contributed by atoms with Gasteiger partial charge in [0, 0.05) is 33.2 Å². The summed E-state index contributed by atoms with van der Waals surface area (Å²) in [7, 11) is -1.80. The van der Waals surface area contributed by atoms with E-state index in [1.54, 1.807) is 7.05 Å². The zero-order chi connectivity index (χ0) is 13.2. The smallest absolute Gasteiger partial charge is 0.303 e. The lowest BCUT2D eigenvalue weighted by Crippen LogP contribution is -2.51. The van der Waals surface area contributed by atoms with Crippen molar-refractivity contribution in [2.24, 2.45) is 0 Å². The van der Waals surface area contributed by atoms with Gasteiger partial charge in [-0.25, -0.2) is 0 Å². The lowest BCUT2D eigenvalue weighted by atomic mass is 10.2. The van der Waals surface area contributed by atoms with Gasteiger partial charge < -0.3 is 5.32 Å². The van der Waals surface area contributed by atoms with E-state index in [4.69, 9.17) is 0 Å². The van der Waals surface area contributed by atoms with Crippen molar-refractivity contribution in [3.05, 3.63) is 29.8 Å². The highest BCUT2D eigenvalue weighted by atomic mass is 32.2. The summed E-state index contributed by atoms with van der Waals surface area (Å²) in [6.45, 7) is 4.45. The van der Waals surface area contributed by atoms with E-state index < -0.39 is 10.2 Å². The normalized spacial score (nSPS) is 17.7. The van der Waals surface area contributed by atoms with E-state index in [0.29, 0.717) is 31.9 Å². The minimum absolute atomic E-state index is 0.526. The van der Waals surface area contributed by atoms with E-state index in [-0.39, 0.29) is 0 Å². The van der Waals surface area contributed by atoms with E-state index >= 15 is 0 Å². The summed E-state index contributed by atoms with van der Waals surface area (Å²) in [5.74, 6) is 0. The Balaban J connectivity index is 2.20. The molecular weight excluding hydrogens is 250 g/mol. The van der Waals surface area contributed by atoms with E-state index in [9.17, 15) is 8.42 Å². The number of aryl methyl sites for hydroxylation is 1. The third kappa shape index (κ3) is 2.66. The van der Waals surface area contributed by atoms with Crippen LogP contribution in [0, 0.1) is 6.92 Å². The maximum atomic E-state index is 12.4. The van der Waals surface area contributed by atoms with Crippen LogP contribution < -0.4 is 9.62 Å². The predicted molar refractivity (Wildman–Crippen MR) is 72.9 cm³/mol. The molecule has 18 heavy (non-hydrogen) atoms. The minimum Gasteiger partial charge on any atom is -0.314 e. The number of anilines is 1. The van der Waals surface area contributed by atoms with Crippen molar-refractivity contribution < 1.29 is 8.42 Å². The molecule has 1 fully saturated rings. The molecule has 1 saturated heterocycles. The summed E-state index contributed by atoms with van der Waals surface area (Å²) in [5.41, 5.74) is 1.81. The quantitative estimate of drug-likeness (QED) is 0.873. The van der Waals surface area contributed by atoms with Crippen LogP contribution in [-0.4, -0.2) is 45.9 Å². The highest BCUT2D eigenvalue weighted by Gasteiger charge is 2.28. The lowest BCUT2D eigenvalue weighted by molar-refractivity contribution is 0.359. The summed E-state index contributed by atoms with van der Waals surface area (Å²) in [6.07, 6.45) is 0. The molecule has 1 aromatic carbocycles. The first-order chi connectivity index (χ1) is 8.51. The first kappa shape index (κ1) is 13.3. The second kappa shape index (κ2) is 5.26. The Morgan fingerprint density at radius 2 is 1.72 bits per heavy atom. The molecule has 100 valence electrons. The Morgan fingerprint density at radius 1 is 1.17 bits per heavy atom. The van der Waals surface area contributed by atoms with Crippen LogP contribution in [0.2, 0.25) is 0 Å². The van der Waals surface area contributed by atoms with E-state index in [2.05, 4.69) is 5.32 Å². The number of benzene rings is 1. The number of nitrogens with one attached hydrogen (secondary N) is 1. The van der Waals surface area contributed by atoms with Gasteiger partial charge >= 0.3 is 10.2 Å². The molecule has 1 aliphatic heterocycles. The summed E-state index contributed by atoms with van der Waals surface area (Å²) in [5, 5.41) is 3.15. The zero-order valence-electron chi connectivity index (χ0n) is 10.8. The fraction of sp³-hybridized carbons (Fsp3) is 0.500. The molecule has 0 radical (unpaired) electrons. The van der Waals surface area contributed by atoms with Gasteiger partial charge in [-0.05, 0) is 19.1 Å². The van der Waals surface area contributed by atoms with E-state index in [1.165, 1.54) is 8.61 Å². The second-order valence-electron chi connectivity index (χ2n) is 4.46. The summed E-state index contributed by atoms with van der Waals surface area (Å²) in [6, 6.07) is 7.49. The van der Waals surface area contributed by atoms with Gasteiger partial charge in [-0.2, -0.15) is 12.7 Å². The van der Waals surface area contributed by atoms with Crippen LogP contribution in [-0.2, 0) is 10.2 Å². The predicted octanol–water partition coefficient (Wildman–Crippen LogP) is 0.581. The average molecular weight is 269 g/mol. The van der Waals surface area contributed by atoms with Crippen LogP contribution in [0.3, 0.4) is 0 Å². The highest BCUT2D eigenvalue weighted by molar-refractivity contribution is 7.90. The lowest BCUT2D eigenvalue weighted by Gasteiger charge is -2.31. The van der Waals surface area contributed by atoms with Crippen LogP contribution in [0.4, 0.5) is 5.69 Å². The van der Waals surface area contributed by atoms with Gasteiger partial charge in [0.2, 0.25) is 0 Å². The SMILES string of the molecule is Cc1ccc(N(C)S(=O)(=O)N2CCNCC2)cc1. The molecule has 0 bridgehead atoms. The Kier molecular flexibility index (Phi) is 3.89. The molecule has 1 aromatic rings. The van der Waals surface area contributed by atoms with Crippen LogP contribution in [0.15, 0.2) is 24.3 Å². The molecule has 0 spiro atoms. The van der Waals surface area contributed by atoms with Gasteiger partial charge in [-0.3, -0.25) is 4.31 Å². The van der Waals surface area contributed by atoms with Crippen molar-refractivity contribution in [3.8, 4) is 0 Å². The van der Waals surface area contributed by atoms with Crippen LogP contribution >= 0.6 is 0 Å². The van der Waals surface area contributed by atoms with Gasteiger partial charge in [0.25, 0.3) is 0 Å². The molecule has 2 rings (SSSR count). The van der Waals surface area contributed by atoms with E-state index in [0.717, 1.165) is 5.56 Å². The fourth-order valence-corrected chi connectivity index (χ4v) is 3.31. The Labute approximate surface area is 109 Å². The number of nitrogens with zero attached hydrogens (tertiary/aromatic N) is 2. The van der Waals surface area contributed by atoms with Crippen molar-refractivity contribution >= 4 is 15.9 Å². The van der Waals surface area contributed by atoms with Crippen molar-refractivity contribution in [2.75, 3.05) is 37.5 Å². The van der Waals surface area contributed by atoms with Crippen LogP contribution in [0.5, 0.6) is 0 Å². The van der Waals surface area contributed by atoms with Crippen molar-refractivity contribution in [1.29, 1.82) is 0 Å². The molecule has 1 aliphatic rings. The maximum Gasteiger partial charge on any atom is 0.303 e. The molecular formula is C12H19N3O2S. The first-order valence-corrected chi connectivity index (χ1v) is 7.43. The standard InChI is InChI=1S/C12H19N3O2S/c1-11-3-5-12(6-4-11)14(2)18(16,17)15-9-7-13-8-10-15/h3-6,13H,7-10H2,1-2H3. The number of hydrogen-bond donors (Lipinski definition) is 1. The van der Waals surface area contributed by atoms with Gasteiger partial charge in [-0.1, -0.05) is 17.7 Å². The molecule has 1 N–H and O–H groups in total. The van der Waals surface area contributed by atoms with Crippen molar-refractivity contribution in [3.63, 3.8) is 0 Å². The van der Waals surface area contributed by atoms with Gasteiger partial charge in [0.1, 0.15) is 0 Å². The zero-order valence-corrected chi connectivity index (χ0v) is 11.6. The Morgan fingerprint density at radius 3 is 2.28 bits per heavy atom. The molecule has 0 unspecified atom stereocenters. The molecule has 6 heteroatoms. The molecule has 1 heterocycles. The largest absolute Gasteiger partial charge is 0.314 e. The summed E-state index contributed by atoms with van der Waals surface area (Å²) < 4.78 is 27.7. The molecule has 0 aliphatic carbocycles. The molecule has 5 nitrogen and oxygen atoms in total. The summed E-state index contributed by atoms with van der Waals surface area (Å²) >= 11 is 0. The summed E-state index contributed by atoms with van der Waals surface area (Å²) in [4.78, 5) is 0. The van der Waals surface area contributed by atoms with Crippen molar-refractivity contribution in [2.45, 2.75) is 6.92 Å². The number of piperazine rings is 1. The monoisotopic (exact) mass is 269 g/mol. The van der Waals surface area contributed by atoms with Gasteiger partial charge in [0.05, 0.1) is 5.69 Å². The minimum atomic E-state index is -3.40. The molecule has 0 atom stereocenters. The van der Waals surface area contributed by atoms with Crippen molar-refractivity contribution in [1.82, 2.24) is 9.62 Å². The van der Waals surface area contributed by atoms with Crippen LogP contribution in [0.25, 0.3) is 0 Å². The van der Waals surface area contributed by atoms with E-state index in [1.807, 2.05) is 31.2 Å². The van der Waals surface area contributed by atoms with Gasteiger partial charge in [0.15, 0.2) is 0 Å². The molecule has 0 saturated carbocycles. The second-order valence-corrected chi connectivity index (χ2v) is 6.42. The maximum absolute atomic E-state index is 12.4. The third-order valence-electron chi connectivity index (χ3n) is 3.15. The topological polar surface area (TPSA) is 52.7 Å². The average Bonchev–Trinajstić information content (AvgIpc) is 2.40. The molecule has 0 amide bonds. The number of rotatable bonds is 3. The first-order valence-electron chi connectivity index (χ1n) is 6.03. The number of hydrogen-bond acceptors (Lipinski definition) is 3.